The van der Waals surface area contributed by atoms with Gasteiger partial charge in [-0.1, -0.05) is 36.4 Å². The second-order valence-electron chi connectivity index (χ2n) is 12.2. The van der Waals surface area contributed by atoms with Crippen LogP contribution < -0.4 is 9.47 Å². The molecule has 4 nitrogen and oxygen atoms in total. The minimum atomic E-state index is -0.188. The van der Waals surface area contributed by atoms with Crippen molar-refractivity contribution in [1.82, 2.24) is 0 Å². The molecule has 2 aromatic rings. The Kier molecular flexibility index (Phi) is 15.9. The van der Waals surface area contributed by atoms with Gasteiger partial charge in [0.2, 0.25) is 0 Å². The molecule has 0 unspecified atom stereocenters. The summed E-state index contributed by atoms with van der Waals surface area (Å²) < 4.78 is 21.6. The molecule has 0 fully saturated rings. The van der Waals surface area contributed by atoms with Crippen LogP contribution in [0.2, 0.25) is 0 Å². The molecule has 0 radical (unpaired) electrons. The summed E-state index contributed by atoms with van der Waals surface area (Å²) in [6.45, 7) is 26.4. The maximum Gasteiger partial charge on any atom is 0.124 e. The number of ether oxygens (including phenoxy) is 4. The Morgan fingerprint density at radius 3 is 0.829 bits per heavy atom. The third kappa shape index (κ3) is 28.1. The van der Waals surface area contributed by atoms with Crippen molar-refractivity contribution in [3.8, 4) is 11.5 Å². The van der Waals surface area contributed by atoms with E-state index in [-0.39, 0.29) is 22.4 Å². The van der Waals surface area contributed by atoms with Gasteiger partial charge in [-0.3, -0.25) is 0 Å². The van der Waals surface area contributed by atoms with Crippen molar-refractivity contribution < 1.29 is 18.9 Å². The molecule has 0 saturated carbocycles. The van der Waals surface area contributed by atoms with E-state index in [9.17, 15) is 0 Å². The largest absolute Gasteiger partial charge is 0.488 e. The van der Waals surface area contributed by atoms with Crippen LogP contribution in [0.25, 0.3) is 0 Å². The van der Waals surface area contributed by atoms with Gasteiger partial charge in [0, 0.05) is 20.3 Å². The fraction of sp³-hybridized carbons (Fsp3) is 0.613. The number of benzene rings is 2. The van der Waals surface area contributed by atoms with Crippen LogP contribution in [0.4, 0.5) is 0 Å². The van der Waals surface area contributed by atoms with E-state index < -0.39 is 0 Å². The van der Waals surface area contributed by atoms with Gasteiger partial charge in [-0.05, 0) is 108 Å². The molecule has 0 atom stereocenters. The lowest BCUT2D eigenvalue weighted by molar-refractivity contribution is 0.0394. The highest BCUT2D eigenvalue weighted by molar-refractivity contribution is 5.38. The predicted octanol–water partition coefficient (Wildman–Crippen LogP) is 8.90. The highest BCUT2D eigenvalue weighted by Crippen LogP contribution is 2.28. The van der Waals surface area contributed by atoms with Gasteiger partial charge < -0.3 is 18.9 Å². The summed E-state index contributed by atoms with van der Waals surface area (Å²) in [6.07, 6.45) is 0. The molecule has 0 amide bonds. The van der Waals surface area contributed by atoms with E-state index in [0.29, 0.717) is 0 Å². The van der Waals surface area contributed by atoms with Gasteiger partial charge >= 0.3 is 0 Å². The van der Waals surface area contributed by atoms with Crippen LogP contribution in [0.1, 0.15) is 88.6 Å². The lowest BCUT2D eigenvalue weighted by Crippen LogP contribution is -2.24. The molecule has 2 rings (SSSR count). The van der Waals surface area contributed by atoms with Gasteiger partial charge in [0.05, 0.1) is 11.2 Å². The number of hydrogen-bond donors (Lipinski definition) is 0. The highest BCUT2D eigenvalue weighted by Gasteiger charge is 2.15. The van der Waals surface area contributed by atoms with Crippen molar-refractivity contribution >= 4 is 0 Å². The fourth-order valence-electron chi connectivity index (χ4n) is 1.92. The average molecular weight is 491 g/mol. The molecule has 0 aliphatic heterocycles. The van der Waals surface area contributed by atoms with Gasteiger partial charge in [-0.15, -0.1) is 0 Å². The first-order valence-electron chi connectivity index (χ1n) is 12.3. The van der Waals surface area contributed by atoms with E-state index in [1.165, 1.54) is 0 Å². The molecular formula is C31H54O4. The lowest BCUT2D eigenvalue weighted by Gasteiger charge is -2.24. The Morgan fingerprint density at radius 2 is 0.657 bits per heavy atom. The first-order chi connectivity index (χ1) is 15.7. The second kappa shape index (κ2) is 15.9. The summed E-state index contributed by atoms with van der Waals surface area (Å²) in [5.41, 5.74) is 0.852. The monoisotopic (exact) mass is 490 g/mol. The van der Waals surface area contributed by atoms with Crippen LogP contribution in [0.3, 0.4) is 0 Å². The maximum atomic E-state index is 5.86. The fourth-order valence-corrected chi connectivity index (χ4v) is 1.92. The van der Waals surface area contributed by atoms with Crippen LogP contribution in [-0.4, -0.2) is 36.6 Å². The minimum Gasteiger partial charge on any atom is -0.488 e. The Bertz CT molecular complexity index is 696. The van der Waals surface area contributed by atoms with Crippen LogP contribution in [0.15, 0.2) is 54.6 Å². The molecular weight excluding hydrogens is 436 g/mol. The van der Waals surface area contributed by atoms with Crippen molar-refractivity contribution in [3.63, 3.8) is 0 Å². The quantitative estimate of drug-likeness (QED) is 0.421. The maximum absolute atomic E-state index is 5.86. The van der Waals surface area contributed by atoms with Crippen LogP contribution >= 0.6 is 0 Å². The zero-order chi connectivity index (χ0) is 27.9. The van der Waals surface area contributed by atoms with Crippen molar-refractivity contribution in [2.45, 2.75) is 112 Å². The Labute approximate surface area is 217 Å². The molecule has 0 N–H and O–H groups in total. The lowest BCUT2D eigenvalue weighted by atomic mass is 10.1. The minimum absolute atomic E-state index is 0.0417. The Balaban J connectivity index is 0. The SMILES string of the molecule is COC(C)(C)C.COC(C)(C)C.Cc1cc(OC(C)(C)C)cc(OC(C)(C)C)c1.c1ccccc1. The Hall–Kier alpha value is -2.04. The molecule has 0 heterocycles. The van der Waals surface area contributed by atoms with Crippen LogP contribution in [0.5, 0.6) is 11.5 Å². The normalized spacial score (nSPS) is 11.5. The van der Waals surface area contributed by atoms with Gasteiger partial charge in [-0.2, -0.15) is 0 Å². The molecule has 202 valence electrons. The summed E-state index contributed by atoms with van der Waals surface area (Å²) >= 11 is 0. The molecule has 0 spiro atoms. The summed E-state index contributed by atoms with van der Waals surface area (Å²) in [5, 5.41) is 0. The molecule has 4 heteroatoms. The second-order valence-corrected chi connectivity index (χ2v) is 12.2. The van der Waals surface area contributed by atoms with E-state index in [1.807, 2.05) is 145 Å². The highest BCUT2D eigenvalue weighted by atomic mass is 16.5. The molecule has 35 heavy (non-hydrogen) atoms. The average Bonchev–Trinajstić information content (AvgIpc) is 2.66. The van der Waals surface area contributed by atoms with E-state index >= 15 is 0 Å². The topological polar surface area (TPSA) is 36.9 Å². The van der Waals surface area contributed by atoms with Crippen molar-refractivity contribution in [3.05, 3.63) is 60.2 Å². The standard InChI is InChI=1S/C15H24O2.C6H6.2C5H12O/c1-11-8-12(16-14(2,3)4)10-13(9-11)17-15(5,6)7;1-2-4-6-5-3-1;2*1-5(2,3)6-4/h8-10H,1-7H3;1-6H;2*1-4H3. The molecule has 2 aromatic carbocycles. The van der Waals surface area contributed by atoms with Crippen molar-refractivity contribution in [2.75, 3.05) is 14.2 Å². The third-order valence-electron chi connectivity index (χ3n) is 3.76. The Morgan fingerprint density at radius 1 is 0.429 bits per heavy atom. The van der Waals surface area contributed by atoms with Crippen molar-refractivity contribution in [1.29, 1.82) is 0 Å². The number of hydrogen-bond acceptors (Lipinski definition) is 4. The van der Waals surface area contributed by atoms with E-state index in [2.05, 4.69) is 0 Å². The summed E-state index contributed by atoms with van der Waals surface area (Å²) in [5.74, 6) is 1.72. The molecule has 0 aliphatic rings. The van der Waals surface area contributed by atoms with Gasteiger partial charge in [0.25, 0.3) is 0 Å². The molecule has 0 saturated heterocycles. The molecule has 0 bridgehead atoms. The number of rotatable bonds is 2. The zero-order valence-corrected chi connectivity index (χ0v) is 25.3. The first-order valence-corrected chi connectivity index (χ1v) is 12.3. The van der Waals surface area contributed by atoms with Crippen LogP contribution in [-0.2, 0) is 9.47 Å². The molecule has 0 aromatic heterocycles. The van der Waals surface area contributed by atoms with E-state index in [1.54, 1.807) is 14.2 Å². The van der Waals surface area contributed by atoms with Gasteiger partial charge in [0.15, 0.2) is 0 Å². The van der Waals surface area contributed by atoms with Crippen LogP contribution in [0, 0.1) is 6.92 Å². The zero-order valence-electron chi connectivity index (χ0n) is 25.3. The smallest absolute Gasteiger partial charge is 0.124 e. The van der Waals surface area contributed by atoms with E-state index in [4.69, 9.17) is 18.9 Å². The summed E-state index contributed by atoms with van der Waals surface area (Å²) in [4.78, 5) is 0. The van der Waals surface area contributed by atoms with Gasteiger partial charge in [0.1, 0.15) is 22.7 Å². The first kappa shape index (κ1) is 35.1. The summed E-state index contributed by atoms with van der Waals surface area (Å²) in [7, 11) is 3.42. The van der Waals surface area contributed by atoms with Gasteiger partial charge in [-0.25, -0.2) is 0 Å². The molecule has 0 aliphatic carbocycles. The summed E-state index contributed by atoms with van der Waals surface area (Å²) in [6, 6.07) is 18.0. The predicted molar refractivity (Wildman–Crippen MR) is 152 cm³/mol. The number of aryl methyl sites for hydroxylation is 1. The van der Waals surface area contributed by atoms with E-state index in [0.717, 1.165) is 17.1 Å². The number of methoxy groups -OCH3 is 2. The van der Waals surface area contributed by atoms with Crippen molar-refractivity contribution in [2.24, 2.45) is 0 Å². The third-order valence-corrected chi connectivity index (χ3v) is 3.76.